The van der Waals surface area contributed by atoms with Crippen molar-refractivity contribution in [1.29, 1.82) is 0 Å². The lowest BCUT2D eigenvalue weighted by atomic mass is 10.2. The van der Waals surface area contributed by atoms with Crippen molar-refractivity contribution in [2.45, 2.75) is 0 Å². The van der Waals surface area contributed by atoms with Crippen LogP contribution in [0.4, 0.5) is 5.69 Å². The molecule has 0 saturated carbocycles. The summed E-state index contributed by atoms with van der Waals surface area (Å²) in [7, 11) is 2.41. The fourth-order valence-electron chi connectivity index (χ4n) is 1.88. The van der Waals surface area contributed by atoms with Crippen LogP contribution in [0.15, 0.2) is 60.3 Å². The maximum Gasteiger partial charge on any atom is 0.354 e. The van der Waals surface area contributed by atoms with Crippen molar-refractivity contribution < 1.29 is 23.8 Å². The minimum absolute atomic E-state index is 0.116. The van der Waals surface area contributed by atoms with Gasteiger partial charge in [0.2, 0.25) is 0 Å². The lowest BCUT2D eigenvalue weighted by Crippen LogP contribution is -2.15. The van der Waals surface area contributed by atoms with Crippen molar-refractivity contribution in [1.82, 2.24) is 0 Å². The zero-order chi connectivity index (χ0) is 18.2. The molecule has 0 spiro atoms. The van der Waals surface area contributed by atoms with E-state index in [1.54, 1.807) is 30.3 Å². The van der Waals surface area contributed by atoms with Crippen molar-refractivity contribution in [2.75, 3.05) is 19.5 Å². The van der Waals surface area contributed by atoms with Crippen LogP contribution in [-0.2, 0) is 19.1 Å². The quantitative estimate of drug-likeness (QED) is 0.623. The maximum absolute atomic E-state index is 11.9. The number of rotatable bonds is 6. The Balaban J connectivity index is 2.36. The number of hydrogen-bond donors (Lipinski definition) is 1. The smallest absolute Gasteiger partial charge is 0.354 e. The molecular weight excluding hydrogens is 346 g/mol. The average molecular weight is 362 g/mol. The molecule has 2 aromatic rings. The van der Waals surface area contributed by atoms with Crippen LogP contribution in [0, 0.1) is 0 Å². The van der Waals surface area contributed by atoms with Crippen LogP contribution in [0.3, 0.4) is 0 Å². The van der Waals surface area contributed by atoms with Gasteiger partial charge in [0.05, 0.1) is 26.0 Å². The molecule has 0 bridgehead atoms. The molecule has 130 valence electrons. The topological polar surface area (TPSA) is 73.9 Å². The fourth-order valence-corrected chi connectivity index (χ4v) is 2.05. The number of benzene rings is 2. The second-order valence-corrected chi connectivity index (χ2v) is 5.19. The third-order valence-electron chi connectivity index (χ3n) is 3.05. The highest BCUT2D eigenvalue weighted by Gasteiger charge is 2.16. The van der Waals surface area contributed by atoms with Gasteiger partial charge in [-0.3, -0.25) is 0 Å². The molecule has 0 atom stereocenters. The van der Waals surface area contributed by atoms with Crippen molar-refractivity contribution in [3.63, 3.8) is 0 Å². The normalized spacial score (nSPS) is 10.8. The summed E-state index contributed by atoms with van der Waals surface area (Å²) in [5.74, 6) is -0.434. The van der Waals surface area contributed by atoms with Crippen molar-refractivity contribution >= 4 is 29.2 Å². The fraction of sp³-hybridized carbons (Fsp3) is 0.111. The number of ether oxygens (including phenoxy) is 3. The predicted molar refractivity (Wildman–Crippen MR) is 93.7 cm³/mol. The standard InChI is InChI=1S/C18H16ClNO5/c1-23-17(21)11-15(18(22)24-2)20-14-10-12(19)8-9-16(14)25-13-6-4-3-5-7-13/h3-11,20H,1-2H3/b15-11+. The third kappa shape index (κ3) is 5.26. The van der Waals surface area contributed by atoms with Crippen molar-refractivity contribution in [3.8, 4) is 11.5 Å². The predicted octanol–water partition coefficient (Wildman–Crippen LogP) is 3.77. The second-order valence-electron chi connectivity index (χ2n) is 4.75. The highest BCUT2D eigenvalue weighted by Crippen LogP contribution is 2.33. The minimum Gasteiger partial charge on any atom is -0.466 e. The highest BCUT2D eigenvalue weighted by molar-refractivity contribution is 6.31. The summed E-state index contributed by atoms with van der Waals surface area (Å²) in [6.07, 6.45) is 0.985. The van der Waals surface area contributed by atoms with Crippen molar-refractivity contribution in [2.24, 2.45) is 0 Å². The largest absolute Gasteiger partial charge is 0.466 e. The summed E-state index contributed by atoms with van der Waals surface area (Å²) in [6.45, 7) is 0. The van der Waals surface area contributed by atoms with Crippen LogP contribution in [0.5, 0.6) is 11.5 Å². The van der Waals surface area contributed by atoms with E-state index in [1.165, 1.54) is 14.2 Å². The first kappa shape index (κ1) is 18.4. The Kier molecular flexibility index (Phi) is 6.42. The zero-order valence-electron chi connectivity index (χ0n) is 13.6. The van der Waals surface area contributed by atoms with Gasteiger partial charge in [0, 0.05) is 5.02 Å². The molecule has 0 aliphatic carbocycles. The molecule has 2 rings (SSSR count). The molecule has 0 radical (unpaired) electrons. The number of methoxy groups -OCH3 is 2. The van der Waals surface area contributed by atoms with Crippen LogP contribution < -0.4 is 10.1 Å². The third-order valence-corrected chi connectivity index (χ3v) is 3.29. The molecule has 0 unspecified atom stereocenters. The molecule has 0 fully saturated rings. The first-order chi connectivity index (χ1) is 12.0. The van der Waals surface area contributed by atoms with E-state index in [1.807, 2.05) is 18.2 Å². The van der Waals surface area contributed by atoms with E-state index in [2.05, 4.69) is 14.8 Å². The van der Waals surface area contributed by atoms with Crippen molar-refractivity contribution in [3.05, 3.63) is 65.3 Å². The lowest BCUT2D eigenvalue weighted by Gasteiger charge is -2.14. The van der Waals surface area contributed by atoms with E-state index >= 15 is 0 Å². The number of nitrogens with one attached hydrogen (secondary N) is 1. The Morgan fingerprint density at radius 2 is 1.76 bits per heavy atom. The van der Waals surface area contributed by atoms with Crippen LogP contribution in [0.1, 0.15) is 0 Å². The molecular formula is C18H16ClNO5. The Labute approximate surface area is 150 Å². The van der Waals surface area contributed by atoms with Crippen LogP contribution in [-0.4, -0.2) is 26.2 Å². The summed E-state index contributed by atoms with van der Waals surface area (Å²) in [5.41, 5.74) is 0.270. The summed E-state index contributed by atoms with van der Waals surface area (Å²) < 4.78 is 15.0. The monoisotopic (exact) mass is 361 g/mol. The molecule has 0 saturated heterocycles. The number of esters is 2. The number of carbonyl (C=O) groups is 2. The van der Waals surface area contributed by atoms with Gasteiger partial charge in [0.15, 0.2) is 5.75 Å². The highest BCUT2D eigenvalue weighted by atomic mass is 35.5. The molecule has 0 aliphatic heterocycles. The molecule has 25 heavy (non-hydrogen) atoms. The molecule has 0 aromatic heterocycles. The number of anilines is 1. The first-order valence-corrected chi connectivity index (χ1v) is 7.58. The Morgan fingerprint density at radius 3 is 2.40 bits per heavy atom. The van der Waals surface area contributed by atoms with Gasteiger partial charge in [-0.25, -0.2) is 9.59 Å². The van der Waals surface area contributed by atoms with Gasteiger partial charge in [-0.1, -0.05) is 29.8 Å². The second kappa shape index (κ2) is 8.75. The van der Waals surface area contributed by atoms with Gasteiger partial charge in [-0.05, 0) is 30.3 Å². The summed E-state index contributed by atoms with van der Waals surface area (Å²) in [6, 6.07) is 13.9. The molecule has 0 amide bonds. The molecule has 0 aliphatic rings. The molecule has 2 aromatic carbocycles. The average Bonchev–Trinajstić information content (AvgIpc) is 2.63. The zero-order valence-corrected chi connectivity index (χ0v) is 14.4. The number of carbonyl (C=O) groups excluding carboxylic acids is 2. The SMILES string of the molecule is COC(=O)/C=C(/Nc1cc(Cl)ccc1Oc1ccccc1)C(=O)OC. The van der Waals surface area contributed by atoms with E-state index < -0.39 is 11.9 Å². The van der Waals surface area contributed by atoms with Crippen LogP contribution in [0.2, 0.25) is 5.02 Å². The van der Waals surface area contributed by atoms with Gasteiger partial charge in [-0.15, -0.1) is 0 Å². The summed E-state index contributed by atoms with van der Waals surface area (Å²) in [5, 5.41) is 3.22. The van der Waals surface area contributed by atoms with Gasteiger partial charge < -0.3 is 19.5 Å². The van der Waals surface area contributed by atoms with Gasteiger partial charge in [-0.2, -0.15) is 0 Å². The van der Waals surface area contributed by atoms with Gasteiger partial charge in [0.1, 0.15) is 11.4 Å². The summed E-state index contributed by atoms with van der Waals surface area (Å²) >= 11 is 6.03. The van der Waals surface area contributed by atoms with E-state index in [9.17, 15) is 9.59 Å². The Hall–Kier alpha value is -2.99. The first-order valence-electron chi connectivity index (χ1n) is 7.21. The van der Waals surface area contributed by atoms with Crippen LogP contribution in [0.25, 0.3) is 0 Å². The van der Waals surface area contributed by atoms with E-state index in [0.717, 1.165) is 6.08 Å². The Bertz CT molecular complexity index is 789. The van der Waals surface area contributed by atoms with Gasteiger partial charge in [0.25, 0.3) is 0 Å². The lowest BCUT2D eigenvalue weighted by molar-refractivity contribution is -0.138. The maximum atomic E-state index is 11.9. The van der Waals surface area contributed by atoms with E-state index in [4.69, 9.17) is 16.3 Å². The molecule has 6 nitrogen and oxygen atoms in total. The molecule has 7 heteroatoms. The van der Waals surface area contributed by atoms with E-state index in [-0.39, 0.29) is 5.70 Å². The van der Waals surface area contributed by atoms with Gasteiger partial charge >= 0.3 is 11.9 Å². The number of halogens is 1. The number of para-hydroxylation sites is 1. The summed E-state index contributed by atoms with van der Waals surface area (Å²) in [4.78, 5) is 23.4. The minimum atomic E-state index is -0.740. The number of hydrogen-bond acceptors (Lipinski definition) is 6. The van der Waals surface area contributed by atoms with E-state index in [0.29, 0.717) is 22.2 Å². The van der Waals surface area contributed by atoms with Crippen LogP contribution >= 0.6 is 11.6 Å². The Morgan fingerprint density at radius 1 is 1.04 bits per heavy atom. The molecule has 1 N–H and O–H groups in total. The molecule has 0 heterocycles.